The van der Waals surface area contributed by atoms with Crippen LogP contribution in [0.2, 0.25) is 0 Å². The number of carbonyl (C=O) groups excluding carboxylic acids is 1. The van der Waals surface area contributed by atoms with Gasteiger partial charge in [0.15, 0.2) is 5.82 Å². The monoisotopic (exact) mass is 415 g/mol. The Balaban J connectivity index is 1.60. The maximum absolute atomic E-state index is 13.3. The number of amides is 1. The minimum absolute atomic E-state index is 0.150. The normalized spacial score (nSPS) is 11.9. The number of carbonyl (C=O) groups is 1. The molecule has 0 aliphatic rings. The van der Waals surface area contributed by atoms with Crippen LogP contribution in [0.4, 0.5) is 10.1 Å². The van der Waals surface area contributed by atoms with E-state index in [1.807, 2.05) is 26.0 Å². The van der Waals surface area contributed by atoms with Crippen LogP contribution < -0.4 is 15.9 Å². The van der Waals surface area contributed by atoms with Crippen molar-refractivity contribution in [2.45, 2.75) is 37.8 Å². The van der Waals surface area contributed by atoms with Gasteiger partial charge in [0, 0.05) is 5.69 Å². The summed E-state index contributed by atoms with van der Waals surface area (Å²) in [7, 11) is 0. The highest BCUT2D eigenvalue weighted by atomic mass is 32.2. The number of hydrogen-bond acceptors (Lipinski definition) is 6. The Hall–Kier alpha value is -3.07. The Morgan fingerprint density at radius 2 is 1.97 bits per heavy atom. The fourth-order valence-electron chi connectivity index (χ4n) is 2.67. The second-order valence-corrected chi connectivity index (χ2v) is 7.95. The molecule has 1 unspecified atom stereocenters. The van der Waals surface area contributed by atoms with Gasteiger partial charge in [-0.1, -0.05) is 23.9 Å². The quantitative estimate of drug-likeness (QED) is 0.453. The first-order valence-electron chi connectivity index (χ1n) is 8.95. The van der Waals surface area contributed by atoms with Gasteiger partial charge in [-0.3, -0.25) is 4.79 Å². The highest BCUT2D eigenvalue weighted by Crippen LogP contribution is 2.23. The number of aromatic nitrogens is 3. The molecule has 3 N–H and O–H groups in total. The van der Waals surface area contributed by atoms with E-state index in [0.717, 1.165) is 28.6 Å². The fraction of sp³-hybridized carbons (Fsp3) is 0.250. The smallest absolute Gasteiger partial charge is 0.237 e. The molecule has 152 valence electrons. The van der Waals surface area contributed by atoms with Crippen LogP contribution in [-0.2, 0) is 11.4 Å². The van der Waals surface area contributed by atoms with E-state index in [-0.39, 0.29) is 12.5 Å². The Morgan fingerprint density at radius 3 is 2.66 bits per heavy atom. The molecular weight excluding hydrogens is 393 g/mol. The molecule has 3 rings (SSSR count). The molecule has 0 bridgehead atoms. The molecule has 0 spiro atoms. The van der Waals surface area contributed by atoms with Gasteiger partial charge in [-0.15, -0.1) is 10.2 Å². The Bertz CT molecular complexity index is 1000. The van der Waals surface area contributed by atoms with Crippen LogP contribution in [0.3, 0.4) is 0 Å². The van der Waals surface area contributed by atoms with Crippen molar-refractivity contribution in [3.8, 4) is 5.75 Å². The van der Waals surface area contributed by atoms with Gasteiger partial charge in [0.1, 0.15) is 18.2 Å². The van der Waals surface area contributed by atoms with E-state index in [4.69, 9.17) is 10.6 Å². The highest BCUT2D eigenvalue weighted by Gasteiger charge is 2.20. The lowest BCUT2D eigenvalue weighted by Gasteiger charge is -2.12. The van der Waals surface area contributed by atoms with Gasteiger partial charge in [0.25, 0.3) is 0 Å². The molecule has 3 aromatic rings. The van der Waals surface area contributed by atoms with Crippen LogP contribution in [0.15, 0.2) is 47.6 Å². The highest BCUT2D eigenvalue weighted by molar-refractivity contribution is 8.00. The predicted octanol–water partition coefficient (Wildman–Crippen LogP) is 3.45. The topological polar surface area (TPSA) is 95.1 Å². The molecule has 9 heteroatoms. The van der Waals surface area contributed by atoms with E-state index in [9.17, 15) is 9.18 Å². The molecule has 0 saturated carbocycles. The molecule has 0 saturated heterocycles. The first-order chi connectivity index (χ1) is 13.8. The number of anilines is 1. The van der Waals surface area contributed by atoms with Crippen LogP contribution in [0, 0.1) is 19.7 Å². The van der Waals surface area contributed by atoms with Crippen molar-refractivity contribution in [1.82, 2.24) is 14.9 Å². The number of halogens is 1. The van der Waals surface area contributed by atoms with Gasteiger partial charge in [-0.05, 0) is 62.2 Å². The number of rotatable bonds is 7. The van der Waals surface area contributed by atoms with Crippen LogP contribution in [-0.4, -0.2) is 26.0 Å². The van der Waals surface area contributed by atoms with Crippen molar-refractivity contribution in [1.29, 1.82) is 0 Å². The van der Waals surface area contributed by atoms with Gasteiger partial charge in [-0.2, -0.15) is 0 Å². The summed E-state index contributed by atoms with van der Waals surface area (Å²) < 4.78 is 20.3. The molecule has 0 fully saturated rings. The summed E-state index contributed by atoms with van der Waals surface area (Å²) >= 11 is 1.15. The van der Waals surface area contributed by atoms with Gasteiger partial charge in [0.05, 0.1) is 5.25 Å². The number of nitrogens with one attached hydrogen (secondary N) is 1. The number of benzene rings is 2. The molecule has 1 amide bonds. The molecule has 0 aliphatic heterocycles. The fourth-order valence-corrected chi connectivity index (χ4v) is 3.46. The summed E-state index contributed by atoms with van der Waals surface area (Å²) in [6, 6.07) is 11.6. The maximum atomic E-state index is 13.3. The third-order valence-electron chi connectivity index (χ3n) is 4.04. The zero-order valence-electron chi connectivity index (χ0n) is 16.3. The largest absolute Gasteiger partial charge is 0.486 e. The zero-order chi connectivity index (χ0) is 21.0. The first kappa shape index (κ1) is 20.7. The summed E-state index contributed by atoms with van der Waals surface area (Å²) in [5.41, 5.74) is 2.59. The number of hydrogen-bond donors (Lipinski definition) is 2. The third-order valence-corrected chi connectivity index (χ3v) is 5.10. The molecule has 0 radical (unpaired) electrons. The van der Waals surface area contributed by atoms with Crippen molar-refractivity contribution in [3.05, 3.63) is 65.2 Å². The van der Waals surface area contributed by atoms with Gasteiger partial charge in [0.2, 0.25) is 11.1 Å². The number of thioether (sulfide) groups is 1. The average Bonchev–Trinajstić information content (AvgIpc) is 2.99. The van der Waals surface area contributed by atoms with Gasteiger partial charge < -0.3 is 15.9 Å². The van der Waals surface area contributed by atoms with Crippen LogP contribution in [0.25, 0.3) is 0 Å². The van der Waals surface area contributed by atoms with E-state index in [2.05, 4.69) is 21.6 Å². The minimum atomic E-state index is -0.516. The van der Waals surface area contributed by atoms with E-state index < -0.39 is 11.1 Å². The first-order valence-corrected chi connectivity index (χ1v) is 9.83. The van der Waals surface area contributed by atoms with Crippen molar-refractivity contribution in [2.24, 2.45) is 0 Å². The van der Waals surface area contributed by atoms with Gasteiger partial charge in [-0.25, -0.2) is 9.07 Å². The SMILES string of the molecule is Cc1cc(C)cc(OCc2nnc(SC(C)C(=O)Nc3cccc(F)c3)n2N)c1. The number of nitrogens with zero attached hydrogens (tertiary/aromatic N) is 3. The van der Waals surface area contributed by atoms with Crippen molar-refractivity contribution in [3.63, 3.8) is 0 Å². The lowest BCUT2D eigenvalue weighted by molar-refractivity contribution is -0.115. The number of nitrogen functional groups attached to an aromatic ring is 1. The van der Waals surface area contributed by atoms with Crippen molar-refractivity contribution < 1.29 is 13.9 Å². The number of nitrogens with two attached hydrogens (primary N) is 1. The molecule has 29 heavy (non-hydrogen) atoms. The van der Waals surface area contributed by atoms with E-state index in [1.165, 1.54) is 22.9 Å². The molecule has 1 aromatic heterocycles. The Morgan fingerprint density at radius 1 is 1.24 bits per heavy atom. The summed E-state index contributed by atoms with van der Waals surface area (Å²) in [5, 5.41) is 10.6. The molecule has 7 nitrogen and oxygen atoms in total. The minimum Gasteiger partial charge on any atom is -0.486 e. The number of ether oxygens (including phenoxy) is 1. The van der Waals surface area contributed by atoms with E-state index in [1.54, 1.807) is 13.0 Å². The summed E-state index contributed by atoms with van der Waals surface area (Å²) in [6.45, 7) is 5.85. The van der Waals surface area contributed by atoms with Crippen LogP contribution in [0.5, 0.6) is 5.75 Å². The molecule has 1 heterocycles. The average molecular weight is 415 g/mol. The predicted molar refractivity (Wildman–Crippen MR) is 111 cm³/mol. The summed E-state index contributed by atoms with van der Waals surface area (Å²) in [6.07, 6.45) is 0. The molecule has 0 aliphatic carbocycles. The molecular formula is C20H22FN5O2S. The van der Waals surface area contributed by atoms with E-state index >= 15 is 0 Å². The second-order valence-electron chi connectivity index (χ2n) is 6.64. The van der Waals surface area contributed by atoms with Crippen molar-refractivity contribution in [2.75, 3.05) is 11.2 Å². The number of aryl methyl sites for hydroxylation is 2. The van der Waals surface area contributed by atoms with Crippen LogP contribution >= 0.6 is 11.8 Å². The zero-order valence-corrected chi connectivity index (χ0v) is 17.2. The third kappa shape index (κ3) is 5.47. The summed E-state index contributed by atoms with van der Waals surface area (Å²) in [4.78, 5) is 12.3. The lowest BCUT2D eigenvalue weighted by Crippen LogP contribution is -2.24. The molecule has 1 atom stereocenters. The Kier molecular flexibility index (Phi) is 6.38. The van der Waals surface area contributed by atoms with E-state index in [0.29, 0.717) is 16.7 Å². The standard InChI is InChI=1S/C20H22FN5O2S/c1-12-7-13(2)9-17(8-12)28-11-18-24-25-20(26(18)22)29-14(3)19(27)23-16-6-4-5-15(21)10-16/h4-10,14H,11,22H2,1-3H3,(H,23,27). The molecule has 2 aromatic carbocycles. The summed E-state index contributed by atoms with van der Waals surface area (Å²) in [5.74, 6) is 6.50. The maximum Gasteiger partial charge on any atom is 0.237 e. The van der Waals surface area contributed by atoms with Crippen molar-refractivity contribution >= 4 is 23.4 Å². The van der Waals surface area contributed by atoms with Gasteiger partial charge >= 0.3 is 0 Å². The second kappa shape index (κ2) is 8.95. The Labute approximate surface area is 172 Å². The van der Waals surface area contributed by atoms with Crippen LogP contribution in [0.1, 0.15) is 23.9 Å². The lowest BCUT2D eigenvalue weighted by atomic mass is 10.1.